The molecule has 0 unspecified atom stereocenters. The van der Waals surface area contributed by atoms with Crippen molar-refractivity contribution in [1.82, 2.24) is 4.90 Å². The van der Waals surface area contributed by atoms with Crippen LogP contribution in [0.4, 0.5) is 5.69 Å². The second-order valence-corrected chi connectivity index (χ2v) is 5.32. The van der Waals surface area contributed by atoms with E-state index in [1.54, 1.807) is 31.2 Å². The van der Waals surface area contributed by atoms with Crippen LogP contribution in [0.5, 0.6) is 0 Å². The Kier molecular flexibility index (Phi) is 5.91. The molecule has 0 aromatic heterocycles. The number of likely N-dealkylation sites (tertiary alicyclic amines) is 1. The molecule has 0 saturated carbocycles. The van der Waals surface area contributed by atoms with Gasteiger partial charge in [-0.05, 0) is 31.9 Å². The van der Waals surface area contributed by atoms with Gasteiger partial charge in [0, 0.05) is 13.1 Å². The van der Waals surface area contributed by atoms with Crippen molar-refractivity contribution in [1.29, 1.82) is 0 Å². The van der Waals surface area contributed by atoms with E-state index < -0.39 is 5.97 Å². The minimum absolute atomic E-state index is 0.173. The van der Waals surface area contributed by atoms with Crippen LogP contribution in [0.15, 0.2) is 24.3 Å². The number of benzene rings is 1. The smallest absolute Gasteiger partial charge is 0.340 e. The quantitative estimate of drug-likeness (QED) is 0.801. The SMILES string of the molecule is CCOC(=O)c1ccccc1NC(=O)CN1CCC(O)CC1. The van der Waals surface area contributed by atoms with Gasteiger partial charge in [-0.25, -0.2) is 4.79 Å². The van der Waals surface area contributed by atoms with E-state index in [-0.39, 0.29) is 25.2 Å². The molecule has 0 atom stereocenters. The van der Waals surface area contributed by atoms with Crippen LogP contribution in [0.2, 0.25) is 0 Å². The van der Waals surface area contributed by atoms with E-state index in [0.29, 0.717) is 37.2 Å². The van der Waals surface area contributed by atoms with Crippen LogP contribution in [0.3, 0.4) is 0 Å². The van der Waals surface area contributed by atoms with Gasteiger partial charge in [0.15, 0.2) is 0 Å². The van der Waals surface area contributed by atoms with Crippen LogP contribution in [0, 0.1) is 0 Å². The summed E-state index contributed by atoms with van der Waals surface area (Å²) in [5, 5.41) is 12.2. The van der Waals surface area contributed by atoms with Crippen LogP contribution >= 0.6 is 0 Å². The first-order valence-electron chi connectivity index (χ1n) is 7.56. The van der Waals surface area contributed by atoms with Crippen LogP contribution < -0.4 is 5.32 Å². The molecule has 1 heterocycles. The molecular weight excluding hydrogens is 284 g/mol. The van der Waals surface area contributed by atoms with Crippen molar-refractivity contribution in [3.63, 3.8) is 0 Å². The average Bonchev–Trinajstić information content (AvgIpc) is 2.50. The normalized spacial score (nSPS) is 16.3. The molecule has 0 aliphatic carbocycles. The van der Waals surface area contributed by atoms with Crippen LogP contribution in [-0.2, 0) is 9.53 Å². The molecule has 120 valence electrons. The van der Waals surface area contributed by atoms with Crippen molar-refractivity contribution in [2.45, 2.75) is 25.9 Å². The summed E-state index contributed by atoms with van der Waals surface area (Å²) in [6, 6.07) is 6.80. The fraction of sp³-hybridized carbons (Fsp3) is 0.500. The Balaban J connectivity index is 1.95. The summed E-state index contributed by atoms with van der Waals surface area (Å²) < 4.78 is 4.98. The molecule has 1 aliphatic rings. The van der Waals surface area contributed by atoms with E-state index >= 15 is 0 Å². The Morgan fingerprint density at radius 3 is 2.68 bits per heavy atom. The van der Waals surface area contributed by atoms with Crippen molar-refractivity contribution in [3.05, 3.63) is 29.8 Å². The van der Waals surface area contributed by atoms with E-state index in [2.05, 4.69) is 5.32 Å². The number of nitrogens with one attached hydrogen (secondary N) is 1. The molecule has 6 heteroatoms. The van der Waals surface area contributed by atoms with Gasteiger partial charge in [0.05, 0.1) is 30.5 Å². The predicted molar refractivity (Wildman–Crippen MR) is 82.7 cm³/mol. The molecular formula is C16H22N2O4. The van der Waals surface area contributed by atoms with Crippen molar-refractivity contribution >= 4 is 17.6 Å². The zero-order valence-corrected chi connectivity index (χ0v) is 12.7. The summed E-state index contributed by atoms with van der Waals surface area (Å²) in [7, 11) is 0. The number of nitrogens with zero attached hydrogens (tertiary/aromatic N) is 1. The fourth-order valence-electron chi connectivity index (χ4n) is 2.45. The highest BCUT2D eigenvalue weighted by Crippen LogP contribution is 2.17. The highest BCUT2D eigenvalue weighted by Gasteiger charge is 2.20. The summed E-state index contributed by atoms with van der Waals surface area (Å²) in [6.45, 7) is 3.69. The summed E-state index contributed by atoms with van der Waals surface area (Å²) >= 11 is 0. The van der Waals surface area contributed by atoms with Gasteiger partial charge < -0.3 is 15.2 Å². The third kappa shape index (κ3) is 4.54. The third-order valence-electron chi connectivity index (χ3n) is 3.62. The number of rotatable bonds is 5. The lowest BCUT2D eigenvalue weighted by molar-refractivity contribution is -0.117. The number of aliphatic hydroxyl groups excluding tert-OH is 1. The van der Waals surface area contributed by atoms with Crippen LogP contribution in [0.1, 0.15) is 30.1 Å². The molecule has 0 spiro atoms. The van der Waals surface area contributed by atoms with Crippen LogP contribution in [-0.4, -0.2) is 54.2 Å². The number of amides is 1. The van der Waals surface area contributed by atoms with Gasteiger partial charge in [-0.3, -0.25) is 9.69 Å². The van der Waals surface area contributed by atoms with Gasteiger partial charge >= 0.3 is 5.97 Å². The lowest BCUT2D eigenvalue weighted by atomic mass is 10.1. The lowest BCUT2D eigenvalue weighted by Crippen LogP contribution is -2.40. The predicted octanol–water partition coefficient (Wildman–Crippen LogP) is 1.26. The van der Waals surface area contributed by atoms with E-state index in [4.69, 9.17) is 4.74 Å². The van der Waals surface area contributed by atoms with E-state index in [0.717, 1.165) is 0 Å². The maximum atomic E-state index is 12.1. The molecule has 1 aromatic carbocycles. The summed E-state index contributed by atoms with van der Waals surface area (Å²) in [4.78, 5) is 26.0. The van der Waals surface area contributed by atoms with Crippen molar-refractivity contribution in [2.75, 3.05) is 31.6 Å². The first-order chi connectivity index (χ1) is 10.6. The number of piperidine rings is 1. The number of aliphatic hydroxyl groups is 1. The Morgan fingerprint density at radius 1 is 1.32 bits per heavy atom. The topological polar surface area (TPSA) is 78.9 Å². The molecule has 0 bridgehead atoms. The first-order valence-corrected chi connectivity index (χ1v) is 7.56. The molecule has 0 radical (unpaired) electrons. The molecule has 2 N–H and O–H groups in total. The third-order valence-corrected chi connectivity index (χ3v) is 3.62. The Morgan fingerprint density at radius 2 is 2.00 bits per heavy atom. The minimum atomic E-state index is -0.445. The molecule has 1 aliphatic heterocycles. The van der Waals surface area contributed by atoms with Gasteiger partial charge in [-0.1, -0.05) is 12.1 Å². The number of carbonyl (C=O) groups excluding carboxylic acids is 2. The average molecular weight is 306 g/mol. The zero-order valence-electron chi connectivity index (χ0n) is 12.7. The largest absolute Gasteiger partial charge is 0.462 e. The van der Waals surface area contributed by atoms with Crippen LogP contribution in [0.25, 0.3) is 0 Å². The van der Waals surface area contributed by atoms with Crippen molar-refractivity contribution < 1.29 is 19.4 Å². The van der Waals surface area contributed by atoms with Gasteiger partial charge in [-0.15, -0.1) is 0 Å². The maximum absolute atomic E-state index is 12.1. The van der Waals surface area contributed by atoms with E-state index in [1.165, 1.54) is 0 Å². The van der Waals surface area contributed by atoms with Gasteiger partial charge in [0.2, 0.25) is 5.91 Å². The van der Waals surface area contributed by atoms with E-state index in [9.17, 15) is 14.7 Å². The zero-order chi connectivity index (χ0) is 15.9. The molecule has 1 aromatic rings. The Hall–Kier alpha value is -1.92. The molecule has 2 rings (SSSR count). The Bertz CT molecular complexity index is 525. The molecule has 1 saturated heterocycles. The standard InChI is InChI=1S/C16H22N2O4/c1-2-22-16(21)13-5-3-4-6-14(13)17-15(20)11-18-9-7-12(19)8-10-18/h3-6,12,19H,2,7-11H2,1H3,(H,17,20). The number of hydrogen-bond acceptors (Lipinski definition) is 5. The maximum Gasteiger partial charge on any atom is 0.340 e. The molecule has 1 amide bonds. The number of anilines is 1. The minimum Gasteiger partial charge on any atom is -0.462 e. The summed E-state index contributed by atoms with van der Waals surface area (Å²) in [5.74, 6) is -0.618. The highest BCUT2D eigenvalue weighted by molar-refractivity contribution is 6.01. The number of esters is 1. The van der Waals surface area contributed by atoms with Gasteiger partial charge in [0.25, 0.3) is 0 Å². The number of carbonyl (C=O) groups is 2. The number of para-hydroxylation sites is 1. The van der Waals surface area contributed by atoms with Gasteiger partial charge in [0.1, 0.15) is 0 Å². The number of ether oxygens (including phenoxy) is 1. The second-order valence-electron chi connectivity index (χ2n) is 5.32. The van der Waals surface area contributed by atoms with Crippen molar-refractivity contribution in [3.8, 4) is 0 Å². The van der Waals surface area contributed by atoms with E-state index in [1.807, 2.05) is 4.90 Å². The lowest BCUT2D eigenvalue weighted by Gasteiger charge is -2.28. The molecule has 6 nitrogen and oxygen atoms in total. The molecule has 22 heavy (non-hydrogen) atoms. The van der Waals surface area contributed by atoms with Gasteiger partial charge in [-0.2, -0.15) is 0 Å². The second kappa shape index (κ2) is 7.91. The molecule has 1 fully saturated rings. The first kappa shape index (κ1) is 16.5. The Labute approximate surface area is 130 Å². The number of hydrogen-bond donors (Lipinski definition) is 2. The monoisotopic (exact) mass is 306 g/mol. The van der Waals surface area contributed by atoms with Crippen molar-refractivity contribution in [2.24, 2.45) is 0 Å². The summed E-state index contributed by atoms with van der Waals surface area (Å²) in [6.07, 6.45) is 1.11. The fourth-order valence-corrected chi connectivity index (χ4v) is 2.45. The summed E-state index contributed by atoms with van der Waals surface area (Å²) in [5.41, 5.74) is 0.815. The highest BCUT2D eigenvalue weighted by atomic mass is 16.5.